The quantitative estimate of drug-likeness (QED) is 0.794. The van der Waals surface area contributed by atoms with E-state index < -0.39 is 6.61 Å². The van der Waals surface area contributed by atoms with Crippen LogP contribution in [0.3, 0.4) is 0 Å². The maximum Gasteiger partial charge on any atom is 0.387 e. The Kier molecular flexibility index (Phi) is 5.68. The van der Waals surface area contributed by atoms with Gasteiger partial charge in [0, 0.05) is 30.8 Å². The van der Waals surface area contributed by atoms with Gasteiger partial charge in [0.05, 0.1) is 0 Å². The van der Waals surface area contributed by atoms with E-state index in [0.717, 1.165) is 12.8 Å². The molecular formula is C18H24F2N2O4. The smallest absolute Gasteiger partial charge is 0.387 e. The zero-order valence-electron chi connectivity index (χ0n) is 15.0. The van der Waals surface area contributed by atoms with Crippen LogP contribution < -0.4 is 19.5 Å². The highest BCUT2D eigenvalue weighted by atomic mass is 19.3. The van der Waals surface area contributed by atoms with Gasteiger partial charge >= 0.3 is 12.6 Å². The summed E-state index contributed by atoms with van der Waals surface area (Å²) in [7, 11) is 0. The van der Waals surface area contributed by atoms with Crippen LogP contribution in [0.2, 0.25) is 0 Å². The molecule has 1 N–H and O–H groups in total. The molecule has 26 heavy (non-hydrogen) atoms. The zero-order valence-corrected chi connectivity index (χ0v) is 15.0. The minimum atomic E-state index is -2.96. The first-order valence-electron chi connectivity index (χ1n) is 8.86. The Labute approximate surface area is 151 Å². The van der Waals surface area contributed by atoms with E-state index in [-0.39, 0.29) is 31.2 Å². The fourth-order valence-electron chi connectivity index (χ4n) is 3.06. The van der Waals surface area contributed by atoms with Crippen molar-refractivity contribution in [1.82, 2.24) is 10.2 Å². The zero-order chi connectivity index (χ0) is 18.7. The lowest BCUT2D eigenvalue weighted by Gasteiger charge is -2.34. The van der Waals surface area contributed by atoms with Crippen molar-refractivity contribution in [2.24, 2.45) is 5.92 Å². The van der Waals surface area contributed by atoms with E-state index >= 15 is 0 Å². The molecule has 0 bridgehead atoms. The molecule has 2 amide bonds. The average Bonchev–Trinajstić information content (AvgIpc) is 2.97. The monoisotopic (exact) mass is 370 g/mol. The van der Waals surface area contributed by atoms with Gasteiger partial charge in [0.1, 0.15) is 5.75 Å². The first-order chi connectivity index (χ1) is 12.4. The Morgan fingerprint density at radius 2 is 2.00 bits per heavy atom. The molecular weight excluding hydrogens is 346 g/mol. The van der Waals surface area contributed by atoms with Crippen LogP contribution in [0, 0.1) is 5.92 Å². The van der Waals surface area contributed by atoms with Gasteiger partial charge in [-0.1, -0.05) is 6.42 Å². The number of ether oxygens (including phenoxy) is 3. The molecule has 1 aliphatic carbocycles. The molecule has 0 spiro atoms. The summed E-state index contributed by atoms with van der Waals surface area (Å²) >= 11 is 0. The highest BCUT2D eigenvalue weighted by Gasteiger charge is 2.26. The molecule has 1 aliphatic heterocycles. The number of fused-ring (bicyclic) bond motifs is 1. The lowest BCUT2D eigenvalue weighted by atomic mass is 9.85. The second kappa shape index (κ2) is 7.97. The summed E-state index contributed by atoms with van der Waals surface area (Å²) in [4.78, 5) is 14.4. The maximum atomic E-state index is 12.7. The minimum Gasteiger partial charge on any atom is -0.454 e. The van der Waals surface area contributed by atoms with E-state index in [1.807, 2.05) is 13.8 Å². The van der Waals surface area contributed by atoms with Crippen LogP contribution in [-0.2, 0) is 6.54 Å². The number of urea groups is 1. The van der Waals surface area contributed by atoms with E-state index in [1.54, 1.807) is 11.0 Å². The van der Waals surface area contributed by atoms with Crippen molar-refractivity contribution in [2.45, 2.75) is 52.3 Å². The Hall–Kier alpha value is -2.25. The number of hydrogen-bond acceptors (Lipinski definition) is 4. The van der Waals surface area contributed by atoms with Gasteiger partial charge in [0.2, 0.25) is 6.79 Å². The van der Waals surface area contributed by atoms with Crippen LogP contribution in [0.1, 0.15) is 38.7 Å². The van der Waals surface area contributed by atoms with Crippen molar-refractivity contribution in [3.05, 3.63) is 17.7 Å². The fraction of sp³-hybridized carbons (Fsp3) is 0.611. The molecule has 8 heteroatoms. The molecule has 0 saturated heterocycles. The fourth-order valence-corrected chi connectivity index (χ4v) is 3.06. The summed E-state index contributed by atoms with van der Waals surface area (Å²) in [6.07, 6.45) is 3.50. The van der Waals surface area contributed by atoms with Crippen molar-refractivity contribution in [2.75, 3.05) is 13.3 Å². The normalized spacial score (nSPS) is 15.9. The molecule has 0 aromatic heterocycles. The Balaban J connectivity index is 1.68. The molecule has 2 aliphatic rings. The molecule has 0 atom stereocenters. The molecule has 3 rings (SSSR count). The van der Waals surface area contributed by atoms with Gasteiger partial charge in [-0.3, -0.25) is 0 Å². The predicted octanol–water partition coefficient (Wildman–Crippen LogP) is 3.74. The SMILES string of the molecule is CC(C)N(CC1CCC1)C(=O)NCc1cc2c(cc1OC(F)F)OCO2. The summed E-state index contributed by atoms with van der Waals surface area (Å²) < 4.78 is 40.4. The third-order valence-electron chi connectivity index (χ3n) is 4.77. The van der Waals surface area contributed by atoms with E-state index in [4.69, 9.17) is 9.47 Å². The number of nitrogens with zero attached hydrogens (tertiary/aromatic N) is 1. The largest absolute Gasteiger partial charge is 0.454 e. The lowest BCUT2D eigenvalue weighted by molar-refractivity contribution is -0.0505. The average molecular weight is 370 g/mol. The summed E-state index contributed by atoms with van der Waals surface area (Å²) in [5.74, 6) is 1.32. The third kappa shape index (κ3) is 4.28. The number of amides is 2. The van der Waals surface area contributed by atoms with Crippen molar-refractivity contribution in [3.8, 4) is 17.2 Å². The van der Waals surface area contributed by atoms with Crippen LogP contribution in [0.25, 0.3) is 0 Å². The van der Waals surface area contributed by atoms with Gasteiger partial charge < -0.3 is 24.4 Å². The number of rotatable bonds is 7. The first-order valence-corrected chi connectivity index (χ1v) is 8.86. The van der Waals surface area contributed by atoms with Crippen molar-refractivity contribution < 1.29 is 27.8 Å². The number of carbonyl (C=O) groups is 1. The number of halogens is 2. The second-order valence-corrected chi connectivity index (χ2v) is 6.89. The van der Waals surface area contributed by atoms with E-state index in [2.05, 4.69) is 10.1 Å². The van der Waals surface area contributed by atoms with Gasteiger partial charge in [-0.05, 0) is 38.7 Å². The Bertz CT molecular complexity index is 650. The molecule has 1 aromatic rings. The van der Waals surface area contributed by atoms with Crippen LogP contribution in [-0.4, -0.2) is 36.9 Å². The number of alkyl halides is 2. The van der Waals surface area contributed by atoms with Crippen LogP contribution in [0.4, 0.5) is 13.6 Å². The molecule has 0 radical (unpaired) electrons. The molecule has 1 fully saturated rings. The molecule has 1 aromatic carbocycles. The lowest BCUT2D eigenvalue weighted by Crippen LogP contribution is -2.46. The Morgan fingerprint density at radius 3 is 2.58 bits per heavy atom. The Morgan fingerprint density at radius 1 is 1.31 bits per heavy atom. The minimum absolute atomic E-state index is 0.0281. The summed E-state index contributed by atoms with van der Waals surface area (Å²) in [6, 6.07) is 2.77. The molecule has 0 unspecified atom stereocenters. The number of nitrogens with one attached hydrogen (secondary N) is 1. The summed E-state index contributed by atoms with van der Waals surface area (Å²) in [6.45, 7) is 1.77. The van der Waals surface area contributed by atoms with Gasteiger partial charge in [-0.25, -0.2) is 4.79 Å². The van der Waals surface area contributed by atoms with Gasteiger partial charge in [-0.2, -0.15) is 8.78 Å². The van der Waals surface area contributed by atoms with Crippen molar-refractivity contribution in [3.63, 3.8) is 0 Å². The number of benzene rings is 1. The standard InChI is InChI=1S/C18H24F2N2O4/c1-11(2)22(9-12-4-3-5-12)18(23)21-8-13-6-15-16(25-10-24-15)7-14(13)26-17(19)20/h6-7,11-12,17H,3-5,8-10H2,1-2H3,(H,21,23). The van der Waals surface area contributed by atoms with Gasteiger partial charge in [-0.15, -0.1) is 0 Å². The first kappa shape index (κ1) is 18.5. The highest BCUT2D eigenvalue weighted by Crippen LogP contribution is 2.38. The van der Waals surface area contributed by atoms with Crippen molar-refractivity contribution in [1.29, 1.82) is 0 Å². The van der Waals surface area contributed by atoms with Crippen LogP contribution in [0.5, 0.6) is 17.2 Å². The highest BCUT2D eigenvalue weighted by molar-refractivity contribution is 5.74. The van der Waals surface area contributed by atoms with Crippen LogP contribution in [0.15, 0.2) is 12.1 Å². The van der Waals surface area contributed by atoms with Gasteiger partial charge in [0.15, 0.2) is 11.5 Å². The van der Waals surface area contributed by atoms with E-state index in [0.29, 0.717) is 29.5 Å². The third-order valence-corrected chi connectivity index (χ3v) is 4.77. The second-order valence-electron chi connectivity index (χ2n) is 6.89. The molecule has 1 heterocycles. The summed E-state index contributed by atoms with van der Waals surface area (Å²) in [5.41, 5.74) is 0.412. The molecule has 144 valence electrons. The topological polar surface area (TPSA) is 60.0 Å². The van der Waals surface area contributed by atoms with E-state index in [1.165, 1.54) is 12.5 Å². The molecule has 1 saturated carbocycles. The van der Waals surface area contributed by atoms with E-state index in [9.17, 15) is 13.6 Å². The number of hydrogen-bond donors (Lipinski definition) is 1. The maximum absolute atomic E-state index is 12.7. The van der Waals surface area contributed by atoms with Gasteiger partial charge in [0.25, 0.3) is 0 Å². The summed E-state index contributed by atoms with van der Waals surface area (Å²) in [5, 5.41) is 2.80. The van der Waals surface area contributed by atoms with Crippen molar-refractivity contribution >= 4 is 6.03 Å². The van der Waals surface area contributed by atoms with Crippen LogP contribution >= 0.6 is 0 Å². The molecule has 6 nitrogen and oxygen atoms in total. The number of carbonyl (C=O) groups excluding carboxylic acids is 1. The predicted molar refractivity (Wildman–Crippen MR) is 90.6 cm³/mol.